The third kappa shape index (κ3) is 3.91. The predicted octanol–water partition coefficient (Wildman–Crippen LogP) is 3.01. The first kappa shape index (κ1) is 14.2. The second-order valence-electron chi connectivity index (χ2n) is 4.56. The Hall–Kier alpha value is -2.17. The molecule has 0 unspecified atom stereocenters. The number of nitrogens with zero attached hydrogens (tertiary/aromatic N) is 2. The first-order valence-corrected chi connectivity index (χ1v) is 6.75. The number of aryl methyl sites for hydroxylation is 1. The summed E-state index contributed by atoms with van der Waals surface area (Å²) in [5, 5.41) is 6.38. The van der Waals surface area contributed by atoms with Crippen molar-refractivity contribution < 1.29 is 4.39 Å². The number of nitrogens with one attached hydrogen (secondary N) is 2. The topological polar surface area (TPSA) is 49.8 Å². The maximum atomic E-state index is 12.8. The number of benzene rings is 1. The predicted molar refractivity (Wildman–Crippen MR) is 79.5 cm³/mol. The molecule has 2 rings (SSSR count). The Morgan fingerprint density at radius 2 is 1.90 bits per heavy atom. The van der Waals surface area contributed by atoms with Gasteiger partial charge in [0.2, 0.25) is 5.95 Å². The van der Waals surface area contributed by atoms with E-state index < -0.39 is 0 Å². The monoisotopic (exact) mass is 274 g/mol. The third-order valence-electron chi connectivity index (χ3n) is 2.93. The minimum Gasteiger partial charge on any atom is -0.369 e. The molecule has 0 spiro atoms. The molecule has 5 heteroatoms. The Morgan fingerprint density at radius 1 is 1.15 bits per heavy atom. The molecule has 0 saturated heterocycles. The van der Waals surface area contributed by atoms with Gasteiger partial charge < -0.3 is 10.6 Å². The maximum absolute atomic E-state index is 12.8. The molecule has 0 aliphatic heterocycles. The van der Waals surface area contributed by atoms with E-state index in [1.165, 1.54) is 12.1 Å². The summed E-state index contributed by atoms with van der Waals surface area (Å²) in [6.45, 7) is 5.51. The van der Waals surface area contributed by atoms with Crippen LogP contribution in [0.3, 0.4) is 0 Å². The van der Waals surface area contributed by atoms with Crippen LogP contribution in [0.2, 0.25) is 0 Å². The molecule has 0 aliphatic carbocycles. The van der Waals surface area contributed by atoms with Crippen LogP contribution in [-0.4, -0.2) is 23.1 Å². The summed E-state index contributed by atoms with van der Waals surface area (Å²) in [5.41, 5.74) is 2.10. The van der Waals surface area contributed by atoms with Crippen molar-refractivity contribution >= 4 is 11.8 Å². The fourth-order valence-electron chi connectivity index (χ4n) is 1.84. The van der Waals surface area contributed by atoms with E-state index >= 15 is 0 Å². The van der Waals surface area contributed by atoms with Crippen molar-refractivity contribution in [3.8, 4) is 0 Å². The molecule has 0 aliphatic rings. The molecular weight excluding hydrogens is 255 g/mol. The molecule has 4 nitrogen and oxygen atoms in total. The van der Waals surface area contributed by atoms with Crippen LogP contribution in [-0.2, 0) is 6.42 Å². The van der Waals surface area contributed by atoms with E-state index in [2.05, 4.69) is 20.6 Å². The Bertz CT molecular complexity index is 554. The second kappa shape index (κ2) is 6.84. The summed E-state index contributed by atoms with van der Waals surface area (Å²) in [6, 6.07) is 6.56. The third-order valence-corrected chi connectivity index (χ3v) is 2.93. The lowest BCUT2D eigenvalue weighted by molar-refractivity contribution is 0.627. The van der Waals surface area contributed by atoms with E-state index in [1.807, 2.05) is 13.8 Å². The van der Waals surface area contributed by atoms with Gasteiger partial charge in [-0.15, -0.1) is 0 Å². The summed E-state index contributed by atoms with van der Waals surface area (Å²) in [7, 11) is 0. The molecule has 106 valence electrons. The summed E-state index contributed by atoms with van der Waals surface area (Å²) in [4.78, 5) is 8.61. The molecule has 1 aromatic carbocycles. The molecule has 2 aromatic rings. The van der Waals surface area contributed by atoms with Gasteiger partial charge in [-0.05, 0) is 38.0 Å². The lowest BCUT2D eigenvalue weighted by atomic mass is 10.1. The average Bonchev–Trinajstić information content (AvgIpc) is 2.45. The van der Waals surface area contributed by atoms with Crippen molar-refractivity contribution in [3.05, 3.63) is 47.4 Å². The lowest BCUT2D eigenvalue weighted by Gasteiger charge is -2.10. The summed E-state index contributed by atoms with van der Waals surface area (Å²) in [5.74, 6) is 1.25. The van der Waals surface area contributed by atoms with Gasteiger partial charge in [-0.3, -0.25) is 0 Å². The van der Waals surface area contributed by atoms with Crippen LogP contribution in [0.5, 0.6) is 0 Å². The summed E-state index contributed by atoms with van der Waals surface area (Å²) < 4.78 is 12.8. The molecule has 2 N–H and O–H groups in total. The van der Waals surface area contributed by atoms with Crippen LogP contribution in [0.4, 0.5) is 16.2 Å². The van der Waals surface area contributed by atoms with Crippen molar-refractivity contribution in [2.45, 2.75) is 20.3 Å². The first-order valence-electron chi connectivity index (χ1n) is 6.75. The van der Waals surface area contributed by atoms with Gasteiger partial charge >= 0.3 is 0 Å². The normalized spacial score (nSPS) is 10.3. The van der Waals surface area contributed by atoms with Gasteiger partial charge in [0.15, 0.2) is 0 Å². The van der Waals surface area contributed by atoms with Gasteiger partial charge in [0.25, 0.3) is 0 Å². The first-order chi connectivity index (χ1) is 9.69. The Morgan fingerprint density at radius 3 is 2.60 bits per heavy atom. The zero-order valence-corrected chi connectivity index (χ0v) is 11.8. The molecule has 20 heavy (non-hydrogen) atoms. The highest BCUT2D eigenvalue weighted by atomic mass is 19.1. The number of rotatable bonds is 6. The van der Waals surface area contributed by atoms with E-state index in [4.69, 9.17) is 0 Å². The summed E-state index contributed by atoms with van der Waals surface area (Å²) >= 11 is 0. The van der Waals surface area contributed by atoms with Crippen LogP contribution in [0.1, 0.15) is 18.1 Å². The molecule has 0 saturated carbocycles. The van der Waals surface area contributed by atoms with Crippen molar-refractivity contribution in [1.29, 1.82) is 0 Å². The zero-order chi connectivity index (χ0) is 14.4. The van der Waals surface area contributed by atoms with E-state index in [0.717, 1.165) is 36.5 Å². The highest BCUT2D eigenvalue weighted by Gasteiger charge is 2.03. The van der Waals surface area contributed by atoms with Crippen LogP contribution >= 0.6 is 0 Å². The van der Waals surface area contributed by atoms with Crippen LogP contribution in [0.15, 0.2) is 30.5 Å². The molecule has 0 fully saturated rings. The Labute approximate surface area is 118 Å². The number of aromatic nitrogens is 2. The Balaban J connectivity index is 1.93. The zero-order valence-electron chi connectivity index (χ0n) is 11.8. The largest absolute Gasteiger partial charge is 0.369 e. The molecular formula is C15H19FN4. The van der Waals surface area contributed by atoms with Crippen molar-refractivity contribution in [3.63, 3.8) is 0 Å². The van der Waals surface area contributed by atoms with Crippen LogP contribution < -0.4 is 10.6 Å². The molecule has 0 atom stereocenters. The highest BCUT2D eigenvalue weighted by molar-refractivity contribution is 5.46. The van der Waals surface area contributed by atoms with Crippen molar-refractivity contribution in [2.24, 2.45) is 0 Å². The van der Waals surface area contributed by atoms with Crippen LogP contribution in [0, 0.1) is 12.7 Å². The van der Waals surface area contributed by atoms with Gasteiger partial charge in [0.05, 0.1) is 0 Å². The summed E-state index contributed by atoms with van der Waals surface area (Å²) in [6.07, 6.45) is 2.62. The number of hydrogen-bond acceptors (Lipinski definition) is 4. The number of hydrogen-bond donors (Lipinski definition) is 2. The minimum atomic E-state index is -0.205. The van der Waals surface area contributed by atoms with E-state index in [-0.39, 0.29) is 5.82 Å². The molecule has 1 aromatic heterocycles. The fourth-order valence-corrected chi connectivity index (χ4v) is 1.84. The smallest absolute Gasteiger partial charge is 0.224 e. The number of halogens is 1. The number of anilines is 2. The Kier molecular flexibility index (Phi) is 4.87. The van der Waals surface area contributed by atoms with Gasteiger partial charge in [0, 0.05) is 24.8 Å². The van der Waals surface area contributed by atoms with Crippen molar-refractivity contribution in [1.82, 2.24) is 9.97 Å². The molecule has 0 bridgehead atoms. The van der Waals surface area contributed by atoms with Gasteiger partial charge in [-0.25, -0.2) is 9.37 Å². The fraction of sp³-hybridized carbons (Fsp3) is 0.333. The second-order valence-corrected chi connectivity index (χ2v) is 4.56. The minimum absolute atomic E-state index is 0.205. The van der Waals surface area contributed by atoms with E-state index in [1.54, 1.807) is 18.3 Å². The highest BCUT2D eigenvalue weighted by Crippen LogP contribution is 2.12. The quantitative estimate of drug-likeness (QED) is 0.850. The average molecular weight is 274 g/mol. The van der Waals surface area contributed by atoms with Gasteiger partial charge in [-0.1, -0.05) is 12.1 Å². The lowest BCUT2D eigenvalue weighted by Crippen LogP contribution is -2.10. The van der Waals surface area contributed by atoms with Crippen molar-refractivity contribution in [2.75, 3.05) is 23.7 Å². The standard InChI is InChI=1S/C15H19FN4/c1-3-17-15-19-10-11(2)14(20-15)18-9-8-12-4-6-13(16)7-5-12/h4-7,10H,3,8-9H2,1-2H3,(H2,17,18,19,20). The molecule has 0 amide bonds. The van der Waals surface area contributed by atoms with E-state index in [0.29, 0.717) is 5.95 Å². The van der Waals surface area contributed by atoms with Gasteiger partial charge in [0.1, 0.15) is 11.6 Å². The molecule has 1 heterocycles. The maximum Gasteiger partial charge on any atom is 0.224 e. The van der Waals surface area contributed by atoms with Crippen LogP contribution in [0.25, 0.3) is 0 Å². The SMILES string of the molecule is CCNc1ncc(C)c(NCCc2ccc(F)cc2)n1. The molecule has 0 radical (unpaired) electrons. The van der Waals surface area contributed by atoms with E-state index in [9.17, 15) is 4.39 Å². The van der Waals surface area contributed by atoms with Gasteiger partial charge in [-0.2, -0.15) is 4.98 Å².